The molecule has 0 bridgehead atoms. The summed E-state index contributed by atoms with van der Waals surface area (Å²) in [6, 6.07) is 11.2. The van der Waals surface area contributed by atoms with Crippen molar-refractivity contribution in [3.05, 3.63) is 59.1 Å². The molecule has 0 spiro atoms. The summed E-state index contributed by atoms with van der Waals surface area (Å²) in [6.07, 6.45) is -4.64. The standard InChI is InChI=1S/C14H9ClF3NO/c15-10-7-4-8-11(12(10)20)19-13(14(16,17)18)9-5-2-1-3-6-9/h1-8,20H. The van der Waals surface area contributed by atoms with E-state index >= 15 is 0 Å². The molecule has 0 atom stereocenters. The Labute approximate surface area is 118 Å². The minimum atomic E-state index is -4.64. The van der Waals surface area contributed by atoms with Crippen molar-refractivity contribution in [2.45, 2.75) is 6.18 Å². The Balaban J connectivity index is 2.58. The van der Waals surface area contributed by atoms with Crippen LogP contribution in [-0.2, 0) is 0 Å². The van der Waals surface area contributed by atoms with Gasteiger partial charge in [-0.25, -0.2) is 4.99 Å². The van der Waals surface area contributed by atoms with Crippen molar-refractivity contribution in [3.63, 3.8) is 0 Å². The number of rotatable bonds is 2. The summed E-state index contributed by atoms with van der Waals surface area (Å²) in [7, 11) is 0. The smallest absolute Gasteiger partial charge is 0.433 e. The van der Waals surface area contributed by atoms with E-state index < -0.39 is 17.6 Å². The summed E-state index contributed by atoms with van der Waals surface area (Å²) in [4.78, 5) is 3.52. The molecular formula is C14H9ClF3NO. The Kier molecular flexibility index (Phi) is 3.99. The predicted octanol–water partition coefficient (Wildman–Crippen LogP) is 4.73. The fraction of sp³-hybridized carbons (Fsp3) is 0.0714. The third-order valence-corrected chi connectivity index (χ3v) is 2.82. The molecule has 20 heavy (non-hydrogen) atoms. The molecule has 0 aromatic heterocycles. The highest BCUT2D eigenvalue weighted by molar-refractivity contribution is 6.32. The molecule has 6 heteroatoms. The van der Waals surface area contributed by atoms with Crippen molar-refractivity contribution in [3.8, 4) is 5.75 Å². The molecule has 0 heterocycles. The van der Waals surface area contributed by atoms with Crippen LogP contribution in [0.25, 0.3) is 0 Å². The van der Waals surface area contributed by atoms with Crippen LogP contribution in [0, 0.1) is 0 Å². The number of para-hydroxylation sites is 1. The number of hydrogen-bond donors (Lipinski definition) is 1. The van der Waals surface area contributed by atoms with Crippen molar-refractivity contribution in [1.29, 1.82) is 0 Å². The summed E-state index contributed by atoms with van der Waals surface area (Å²) in [5.74, 6) is -0.480. The van der Waals surface area contributed by atoms with E-state index in [1.807, 2.05) is 0 Å². The highest BCUT2D eigenvalue weighted by Crippen LogP contribution is 2.35. The second-order valence-electron chi connectivity index (χ2n) is 3.93. The van der Waals surface area contributed by atoms with Gasteiger partial charge in [0.1, 0.15) is 5.69 Å². The Morgan fingerprint density at radius 2 is 1.65 bits per heavy atom. The molecule has 0 saturated carbocycles. The van der Waals surface area contributed by atoms with Crippen molar-refractivity contribution in [2.75, 3.05) is 0 Å². The number of phenols is 1. The van der Waals surface area contributed by atoms with E-state index in [1.54, 1.807) is 6.07 Å². The molecule has 1 N–H and O–H groups in total. The molecule has 0 fully saturated rings. The van der Waals surface area contributed by atoms with Crippen molar-refractivity contribution in [2.24, 2.45) is 4.99 Å². The Hall–Kier alpha value is -2.01. The first kappa shape index (κ1) is 14.4. The third-order valence-electron chi connectivity index (χ3n) is 2.51. The van der Waals surface area contributed by atoms with Crippen LogP contribution in [0.4, 0.5) is 18.9 Å². The molecule has 0 radical (unpaired) electrons. The first-order valence-electron chi connectivity index (χ1n) is 5.58. The summed E-state index contributed by atoms with van der Waals surface area (Å²) in [6.45, 7) is 0. The number of halogens is 4. The average Bonchev–Trinajstić information content (AvgIpc) is 2.40. The molecule has 0 aliphatic rings. The molecule has 2 rings (SSSR count). The number of aliphatic imine (C=N–C) groups is 1. The van der Waals surface area contributed by atoms with Crippen molar-refractivity contribution >= 4 is 23.0 Å². The van der Waals surface area contributed by atoms with Gasteiger partial charge in [-0.05, 0) is 12.1 Å². The maximum Gasteiger partial charge on any atom is 0.433 e. The van der Waals surface area contributed by atoms with E-state index in [-0.39, 0.29) is 16.3 Å². The van der Waals surface area contributed by atoms with Gasteiger partial charge in [-0.2, -0.15) is 13.2 Å². The quantitative estimate of drug-likeness (QED) is 0.799. The SMILES string of the molecule is Oc1c(Cl)cccc1N=C(c1ccccc1)C(F)(F)F. The average molecular weight is 300 g/mol. The number of alkyl halides is 3. The zero-order valence-electron chi connectivity index (χ0n) is 10.0. The van der Waals surface area contributed by atoms with Crippen molar-refractivity contribution < 1.29 is 18.3 Å². The highest BCUT2D eigenvalue weighted by Gasteiger charge is 2.37. The van der Waals surface area contributed by atoms with Crippen molar-refractivity contribution in [1.82, 2.24) is 0 Å². The normalized spacial score (nSPS) is 12.5. The van der Waals surface area contributed by atoms with Gasteiger partial charge in [-0.15, -0.1) is 0 Å². The van der Waals surface area contributed by atoms with Gasteiger partial charge < -0.3 is 5.11 Å². The maximum atomic E-state index is 13.1. The Morgan fingerprint density at radius 1 is 1.00 bits per heavy atom. The van der Waals surface area contributed by atoms with Gasteiger partial charge in [0.05, 0.1) is 5.02 Å². The summed E-state index contributed by atoms with van der Waals surface area (Å²) >= 11 is 5.66. The topological polar surface area (TPSA) is 32.6 Å². The fourth-order valence-corrected chi connectivity index (χ4v) is 1.77. The van der Waals surface area contributed by atoms with Gasteiger partial charge >= 0.3 is 6.18 Å². The van der Waals surface area contributed by atoms with Gasteiger partial charge in [0, 0.05) is 5.56 Å². The largest absolute Gasteiger partial charge is 0.504 e. The lowest BCUT2D eigenvalue weighted by molar-refractivity contribution is -0.0579. The first-order chi connectivity index (χ1) is 9.39. The lowest BCUT2D eigenvalue weighted by Crippen LogP contribution is -2.23. The molecule has 2 aromatic rings. The molecule has 2 nitrogen and oxygen atoms in total. The second kappa shape index (κ2) is 5.54. The molecule has 2 aromatic carbocycles. The minimum Gasteiger partial charge on any atom is -0.504 e. The molecular weight excluding hydrogens is 291 g/mol. The number of hydrogen-bond acceptors (Lipinski definition) is 2. The van der Waals surface area contributed by atoms with Gasteiger partial charge in [0.2, 0.25) is 0 Å². The summed E-state index contributed by atoms with van der Waals surface area (Å²) in [5.41, 5.74) is -1.40. The Morgan fingerprint density at radius 3 is 2.25 bits per heavy atom. The van der Waals surface area contributed by atoms with Crippen LogP contribution in [0.2, 0.25) is 5.02 Å². The van der Waals surface area contributed by atoms with Crippen LogP contribution < -0.4 is 0 Å². The number of benzene rings is 2. The first-order valence-corrected chi connectivity index (χ1v) is 5.96. The molecule has 0 saturated heterocycles. The summed E-state index contributed by atoms with van der Waals surface area (Å²) < 4.78 is 39.2. The van der Waals surface area contributed by atoms with Crippen LogP contribution in [0.1, 0.15) is 5.56 Å². The van der Waals surface area contributed by atoms with Gasteiger partial charge in [0.15, 0.2) is 11.5 Å². The van der Waals surface area contributed by atoms with E-state index in [9.17, 15) is 18.3 Å². The molecule has 104 valence electrons. The lowest BCUT2D eigenvalue weighted by atomic mass is 10.1. The van der Waals surface area contributed by atoms with E-state index in [1.165, 1.54) is 42.5 Å². The molecule has 0 aliphatic carbocycles. The number of nitrogens with zero attached hydrogens (tertiary/aromatic N) is 1. The fourth-order valence-electron chi connectivity index (χ4n) is 1.60. The van der Waals surface area contributed by atoms with E-state index in [2.05, 4.69) is 4.99 Å². The summed E-state index contributed by atoms with van der Waals surface area (Å²) in [5, 5.41) is 9.60. The predicted molar refractivity (Wildman–Crippen MR) is 71.8 cm³/mol. The van der Waals surface area contributed by atoms with Crippen LogP contribution in [0.15, 0.2) is 53.5 Å². The second-order valence-corrected chi connectivity index (χ2v) is 4.34. The van der Waals surface area contributed by atoms with Crippen LogP contribution in [0.3, 0.4) is 0 Å². The zero-order valence-corrected chi connectivity index (χ0v) is 10.8. The van der Waals surface area contributed by atoms with Gasteiger partial charge in [-0.1, -0.05) is 48.0 Å². The van der Waals surface area contributed by atoms with E-state index in [0.29, 0.717) is 0 Å². The Bertz CT molecular complexity index is 639. The van der Waals surface area contributed by atoms with E-state index in [4.69, 9.17) is 11.6 Å². The molecule has 0 amide bonds. The highest BCUT2D eigenvalue weighted by atomic mass is 35.5. The molecule has 0 unspecified atom stereocenters. The van der Waals surface area contributed by atoms with Gasteiger partial charge in [-0.3, -0.25) is 0 Å². The zero-order chi connectivity index (χ0) is 14.8. The molecule has 0 aliphatic heterocycles. The minimum absolute atomic E-state index is 0.0548. The van der Waals surface area contributed by atoms with E-state index in [0.717, 1.165) is 0 Å². The monoisotopic (exact) mass is 299 g/mol. The third kappa shape index (κ3) is 3.11. The van der Waals surface area contributed by atoms with Crippen LogP contribution in [-0.4, -0.2) is 17.0 Å². The number of aromatic hydroxyl groups is 1. The number of phenolic OH excluding ortho intramolecular Hbond substituents is 1. The lowest BCUT2D eigenvalue weighted by Gasteiger charge is -2.11. The van der Waals surface area contributed by atoms with Crippen LogP contribution >= 0.6 is 11.6 Å². The van der Waals surface area contributed by atoms with Gasteiger partial charge in [0.25, 0.3) is 0 Å². The maximum absolute atomic E-state index is 13.1. The van der Waals surface area contributed by atoms with Crippen LogP contribution in [0.5, 0.6) is 5.75 Å².